The molecule has 15 heavy (non-hydrogen) atoms. The molecule has 0 bridgehead atoms. The molecule has 0 spiro atoms. The number of esters is 1. The Morgan fingerprint density at radius 1 is 1.40 bits per heavy atom. The quantitative estimate of drug-likeness (QED) is 0.759. The molecule has 1 aliphatic heterocycles. The van der Waals surface area contributed by atoms with Gasteiger partial charge in [-0.15, -0.1) is 0 Å². The topological polar surface area (TPSA) is 38.3 Å². The second kappa shape index (κ2) is 4.03. The van der Waals surface area contributed by atoms with Crippen LogP contribution >= 0.6 is 0 Å². The summed E-state index contributed by atoms with van der Waals surface area (Å²) in [6.45, 7) is 4.46. The molecule has 0 unspecified atom stereocenters. The van der Waals surface area contributed by atoms with E-state index >= 15 is 0 Å². The maximum absolute atomic E-state index is 11.6. The Bertz CT molecular complexity index is 344. The monoisotopic (exact) mass is 205 g/mol. The fraction of sp³-hybridized carbons (Fsp3) is 0.417. The van der Waals surface area contributed by atoms with Gasteiger partial charge in [0.15, 0.2) is 0 Å². The van der Waals surface area contributed by atoms with E-state index in [4.69, 9.17) is 4.74 Å². The molecule has 0 aliphatic carbocycles. The fourth-order valence-corrected chi connectivity index (χ4v) is 1.55. The predicted molar refractivity (Wildman–Crippen MR) is 57.7 cm³/mol. The number of hydrogen-bond acceptors (Lipinski definition) is 3. The molecule has 1 heterocycles. The standard InChI is InChI=1S/C12H15NO2/c1-12(7-13-8-12)9-15-11(14)10-5-3-2-4-6-10/h2-6,13H,7-9H2,1H3. The van der Waals surface area contributed by atoms with Crippen molar-refractivity contribution in [1.29, 1.82) is 0 Å². The van der Waals surface area contributed by atoms with Gasteiger partial charge in [-0.2, -0.15) is 0 Å². The number of carbonyl (C=O) groups is 1. The van der Waals surface area contributed by atoms with Crippen LogP contribution in [0.25, 0.3) is 0 Å². The minimum absolute atomic E-state index is 0.129. The summed E-state index contributed by atoms with van der Waals surface area (Å²) in [7, 11) is 0. The van der Waals surface area contributed by atoms with Crippen molar-refractivity contribution < 1.29 is 9.53 Å². The van der Waals surface area contributed by atoms with E-state index < -0.39 is 0 Å². The van der Waals surface area contributed by atoms with Gasteiger partial charge in [0.1, 0.15) is 0 Å². The predicted octanol–water partition coefficient (Wildman–Crippen LogP) is 1.45. The van der Waals surface area contributed by atoms with E-state index in [0.717, 1.165) is 13.1 Å². The van der Waals surface area contributed by atoms with Crippen LogP contribution in [0.4, 0.5) is 0 Å². The van der Waals surface area contributed by atoms with Gasteiger partial charge in [0.2, 0.25) is 0 Å². The first kappa shape index (κ1) is 10.2. The van der Waals surface area contributed by atoms with Crippen LogP contribution in [-0.4, -0.2) is 25.7 Å². The Morgan fingerprint density at radius 2 is 2.07 bits per heavy atom. The van der Waals surface area contributed by atoms with Crippen LogP contribution in [-0.2, 0) is 4.74 Å². The first-order valence-corrected chi connectivity index (χ1v) is 5.13. The van der Waals surface area contributed by atoms with E-state index in [-0.39, 0.29) is 11.4 Å². The van der Waals surface area contributed by atoms with Gasteiger partial charge in [-0.1, -0.05) is 25.1 Å². The highest BCUT2D eigenvalue weighted by molar-refractivity contribution is 5.89. The van der Waals surface area contributed by atoms with Crippen molar-refractivity contribution in [2.45, 2.75) is 6.92 Å². The SMILES string of the molecule is CC1(COC(=O)c2ccccc2)CNC1. The van der Waals surface area contributed by atoms with Gasteiger partial charge in [-0.3, -0.25) is 0 Å². The first-order chi connectivity index (χ1) is 7.20. The fourth-order valence-electron chi connectivity index (χ4n) is 1.55. The zero-order valence-corrected chi connectivity index (χ0v) is 8.82. The van der Waals surface area contributed by atoms with Crippen molar-refractivity contribution >= 4 is 5.97 Å². The second-order valence-corrected chi connectivity index (χ2v) is 4.36. The Kier molecular flexibility index (Phi) is 2.73. The van der Waals surface area contributed by atoms with Crippen LogP contribution in [0.5, 0.6) is 0 Å². The molecule has 1 aromatic carbocycles. The molecular formula is C12H15NO2. The summed E-state index contributed by atoms with van der Waals surface area (Å²) in [6.07, 6.45) is 0. The number of rotatable bonds is 3. The summed E-state index contributed by atoms with van der Waals surface area (Å²) in [6, 6.07) is 9.09. The van der Waals surface area contributed by atoms with Crippen LogP contribution in [0.3, 0.4) is 0 Å². The summed E-state index contributed by atoms with van der Waals surface area (Å²) in [4.78, 5) is 11.6. The number of benzene rings is 1. The smallest absolute Gasteiger partial charge is 0.338 e. The van der Waals surface area contributed by atoms with Gasteiger partial charge in [0, 0.05) is 18.5 Å². The lowest BCUT2D eigenvalue weighted by atomic mass is 9.85. The Morgan fingerprint density at radius 3 is 2.60 bits per heavy atom. The van der Waals surface area contributed by atoms with Gasteiger partial charge in [0.25, 0.3) is 0 Å². The summed E-state index contributed by atoms with van der Waals surface area (Å²) >= 11 is 0. The third kappa shape index (κ3) is 2.36. The molecule has 2 rings (SSSR count). The minimum atomic E-state index is -0.233. The van der Waals surface area contributed by atoms with Crippen molar-refractivity contribution in [3.05, 3.63) is 35.9 Å². The normalized spacial score (nSPS) is 17.9. The van der Waals surface area contributed by atoms with Crippen LogP contribution in [0, 0.1) is 5.41 Å². The van der Waals surface area contributed by atoms with E-state index in [0.29, 0.717) is 12.2 Å². The summed E-state index contributed by atoms with van der Waals surface area (Å²) in [5, 5.41) is 3.17. The molecular weight excluding hydrogens is 190 g/mol. The number of hydrogen-bond donors (Lipinski definition) is 1. The average molecular weight is 205 g/mol. The Hall–Kier alpha value is -1.35. The molecule has 1 aliphatic rings. The lowest BCUT2D eigenvalue weighted by Crippen LogP contribution is -2.54. The number of carbonyl (C=O) groups excluding carboxylic acids is 1. The van der Waals surface area contributed by atoms with E-state index in [1.807, 2.05) is 18.2 Å². The van der Waals surface area contributed by atoms with E-state index in [2.05, 4.69) is 12.2 Å². The van der Waals surface area contributed by atoms with Crippen molar-refractivity contribution in [3.63, 3.8) is 0 Å². The molecule has 3 nitrogen and oxygen atoms in total. The number of nitrogens with one attached hydrogen (secondary N) is 1. The molecule has 0 amide bonds. The lowest BCUT2D eigenvalue weighted by Gasteiger charge is -2.38. The van der Waals surface area contributed by atoms with Crippen molar-refractivity contribution in [2.75, 3.05) is 19.7 Å². The van der Waals surface area contributed by atoms with Crippen LogP contribution < -0.4 is 5.32 Å². The largest absolute Gasteiger partial charge is 0.461 e. The lowest BCUT2D eigenvalue weighted by molar-refractivity contribution is 0.0189. The second-order valence-electron chi connectivity index (χ2n) is 4.36. The maximum atomic E-state index is 11.6. The number of ether oxygens (including phenoxy) is 1. The molecule has 80 valence electrons. The van der Waals surface area contributed by atoms with Gasteiger partial charge in [-0.05, 0) is 12.1 Å². The van der Waals surface area contributed by atoms with Crippen LogP contribution in [0.2, 0.25) is 0 Å². The first-order valence-electron chi connectivity index (χ1n) is 5.13. The Labute approximate surface area is 89.4 Å². The average Bonchev–Trinajstić information content (AvgIpc) is 2.24. The zero-order chi connectivity index (χ0) is 10.7. The minimum Gasteiger partial charge on any atom is -0.461 e. The molecule has 1 saturated heterocycles. The van der Waals surface area contributed by atoms with Crippen molar-refractivity contribution in [1.82, 2.24) is 5.32 Å². The maximum Gasteiger partial charge on any atom is 0.338 e. The third-order valence-electron chi connectivity index (χ3n) is 2.66. The highest BCUT2D eigenvalue weighted by Crippen LogP contribution is 2.21. The van der Waals surface area contributed by atoms with Crippen LogP contribution in [0.1, 0.15) is 17.3 Å². The Balaban J connectivity index is 1.88. The summed E-state index contributed by atoms with van der Waals surface area (Å²) in [5.41, 5.74) is 0.748. The third-order valence-corrected chi connectivity index (χ3v) is 2.66. The van der Waals surface area contributed by atoms with Gasteiger partial charge < -0.3 is 10.1 Å². The molecule has 1 aromatic rings. The summed E-state index contributed by atoms with van der Waals surface area (Å²) in [5.74, 6) is -0.233. The van der Waals surface area contributed by atoms with E-state index in [1.165, 1.54) is 0 Å². The van der Waals surface area contributed by atoms with Gasteiger partial charge >= 0.3 is 5.97 Å². The van der Waals surface area contributed by atoms with Crippen LogP contribution in [0.15, 0.2) is 30.3 Å². The van der Waals surface area contributed by atoms with E-state index in [9.17, 15) is 4.79 Å². The summed E-state index contributed by atoms with van der Waals surface area (Å²) < 4.78 is 5.26. The van der Waals surface area contributed by atoms with Gasteiger partial charge in [-0.25, -0.2) is 4.79 Å². The molecule has 0 atom stereocenters. The highest BCUT2D eigenvalue weighted by atomic mass is 16.5. The van der Waals surface area contributed by atoms with Gasteiger partial charge in [0.05, 0.1) is 12.2 Å². The molecule has 1 N–H and O–H groups in total. The molecule has 3 heteroatoms. The van der Waals surface area contributed by atoms with Crippen molar-refractivity contribution in [3.8, 4) is 0 Å². The molecule has 0 aromatic heterocycles. The van der Waals surface area contributed by atoms with E-state index in [1.54, 1.807) is 12.1 Å². The molecule has 1 fully saturated rings. The highest BCUT2D eigenvalue weighted by Gasteiger charge is 2.33. The van der Waals surface area contributed by atoms with Crippen molar-refractivity contribution in [2.24, 2.45) is 5.41 Å². The molecule has 0 saturated carbocycles. The molecule has 0 radical (unpaired) electrons. The zero-order valence-electron chi connectivity index (χ0n) is 8.82.